The molecular formula is C32H22N8O. The van der Waals surface area contributed by atoms with E-state index in [1.165, 1.54) is 0 Å². The molecule has 9 nitrogen and oxygen atoms in total. The number of benzene rings is 4. The Morgan fingerprint density at radius 3 is 2.27 bits per heavy atom. The van der Waals surface area contributed by atoms with Crippen molar-refractivity contribution in [2.45, 2.75) is 6.92 Å². The van der Waals surface area contributed by atoms with E-state index in [0.29, 0.717) is 28.1 Å². The first-order chi connectivity index (χ1) is 20.2. The second kappa shape index (κ2) is 10.0. The van der Waals surface area contributed by atoms with E-state index in [0.717, 1.165) is 33.0 Å². The topological polar surface area (TPSA) is 110 Å². The number of carbonyl (C=O) groups excluding carboxylic acids is 1. The highest BCUT2D eigenvalue weighted by Crippen LogP contribution is 2.37. The standard InChI is InChI=1S/C32H22N8O/c1-20-28(32(41)38-33-19-21-16-17-22-10-8-9-15-25(22)18-21)34-37-31-27-26(23-11-4-2-5-12-23)29(24-13-6-3-7-14-24)35-36-30(27)39-40(20)31/h2-19H,1H3,(H,38,41)/b33-19+. The lowest BCUT2D eigenvalue weighted by atomic mass is 9.97. The summed E-state index contributed by atoms with van der Waals surface area (Å²) in [7, 11) is 0. The number of fused-ring (bicyclic) bond motifs is 4. The molecule has 0 spiro atoms. The number of hydrogen-bond acceptors (Lipinski definition) is 7. The molecule has 4 aromatic carbocycles. The summed E-state index contributed by atoms with van der Waals surface area (Å²) in [5.74, 6) is -0.493. The second-order valence-corrected chi connectivity index (χ2v) is 9.53. The van der Waals surface area contributed by atoms with Gasteiger partial charge in [0.05, 0.1) is 17.3 Å². The highest BCUT2D eigenvalue weighted by molar-refractivity contribution is 6.07. The first-order valence-corrected chi connectivity index (χ1v) is 13.0. The number of hydrogen-bond donors (Lipinski definition) is 1. The Morgan fingerprint density at radius 2 is 1.49 bits per heavy atom. The molecule has 0 bridgehead atoms. The maximum absolute atomic E-state index is 13.1. The van der Waals surface area contributed by atoms with E-state index in [2.05, 4.69) is 36.0 Å². The molecule has 0 aliphatic heterocycles. The van der Waals surface area contributed by atoms with Gasteiger partial charge in [0.15, 0.2) is 11.3 Å². The quantitative estimate of drug-likeness (QED) is 0.226. The SMILES string of the molecule is Cc1c(C(=O)N/N=C/c2ccc3ccccc3c2)nnc2c3c(-c4ccccc4)c(-c4ccccc4)nnc3nn12. The number of aromatic nitrogens is 6. The molecule has 9 heteroatoms. The molecule has 0 radical (unpaired) electrons. The van der Waals surface area contributed by atoms with E-state index >= 15 is 0 Å². The third-order valence-electron chi connectivity index (χ3n) is 6.96. The van der Waals surface area contributed by atoms with E-state index in [-0.39, 0.29) is 5.69 Å². The maximum Gasteiger partial charge on any atom is 0.293 e. The number of amides is 1. The van der Waals surface area contributed by atoms with E-state index in [4.69, 9.17) is 0 Å². The molecule has 0 aliphatic rings. The van der Waals surface area contributed by atoms with Crippen LogP contribution in [0.3, 0.4) is 0 Å². The van der Waals surface area contributed by atoms with Gasteiger partial charge in [-0.25, -0.2) is 9.94 Å². The summed E-state index contributed by atoms with van der Waals surface area (Å²) in [4.78, 5) is 13.1. The smallest absolute Gasteiger partial charge is 0.265 e. The maximum atomic E-state index is 13.1. The summed E-state index contributed by atoms with van der Waals surface area (Å²) in [6.45, 7) is 1.77. The predicted molar refractivity (Wildman–Crippen MR) is 158 cm³/mol. The fraction of sp³-hybridized carbons (Fsp3) is 0.0312. The Morgan fingerprint density at radius 1 is 0.780 bits per heavy atom. The highest BCUT2D eigenvalue weighted by Gasteiger charge is 2.23. The average Bonchev–Trinajstić information content (AvgIpc) is 3.41. The third kappa shape index (κ3) is 4.35. The number of hydrazone groups is 1. The van der Waals surface area contributed by atoms with E-state index < -0.39 is 5.91 Å². The summed E-state index contributed by atoms with van der Waals surface area (Å²) in [5.41, 5.74) is 8.37. The number of carbonyl (C=O) groups is 1. The average molecular weight is 535 g/mol. The van der Waals surface area contributed by atoms with E-state index in [9.17, 15) is 4.79 Å². The van der Waals surface area contributed by atoms with Gasteiger partial charge in [-0.05, 0) is 34.9 Å². The van der Waals surface area contributed by atoms with Gasteiger partial charge in [-0.1, -0.05) is 97.1 Å². The molecule has 3 aromatic heterocycles. The van der Waals surface area contributed by atoms with Crippen molar-refractivity contribution in [1.29, 1.82) is 0 Å². The molecule has 7 rings (SSSR count). The zero-order valence-corrected chi connectivity index (χ0v) is 21.9. The van der Waals surface area contributed by atoms with Crippen molar-refractivity contribution >= 4 is 39.6 Å². The highest BCUT2D eigenvalue weighted by atomic mass is 16.2. The van der Waals surface area contributed by atoms with Crippen LogP contribution in [0, 0.1) is 6.92 Å². The van der Waals surface area contributed by atoms with Crippen LogP contribution in [0.5, 0.6) is 0 Å². The molecule has 0 fully saturated rings. The van der Waals surface area contributed by atoms with Crippen LogP contribution in [0.25, 0.3) is 49.8 Å². The third-order valence-corrected chi connectivity index (χ3v) is 6.96. The first-order valence-electron chi connectivity index (χ1n) is 13.0. The molecule has 196 valence electrons. The summed E-state index contributed by atoms with van der Waals surface area (Å²) in [6.07, 6.45) is 1.60. The predicted octanol–water partition coefficient (Wildman–Crippen LogP) is 5.63. The lowest BCUT2D eigenvalue weighted by Gasteiger charge is -2.10. The number of nitrogens with one attached hydrogen (secondary N) is 1. The normalized spacial score (nSPS) is 11.5. The van der Waals surface area contributed by atoms with E-state index in [1.807, 2.05) is 103 Å². The molecular weight excluding hydrogens is 512 g/mol. The molecule has 7 aromatic rings. The van der Waals surface area contributed by atoms with Gasteiger partial charge >= 0.3 is 0 Å². The van der Waals surface area contributed by atoms with Gasteiger partial charge in [-0.2, -0.15) is 5.10 Å². The van der Waals surface area contributed by atoms with Gasteiger partial charge in [-0.3, -0.25) is 4.79 Å². The molecule has 1 amide bonds. The van der Waals surface area contributed by atoms with Crippen LogP contribution in [0.15, 0.2) is 108 Å². The summed E-state index contributed by atoms with van der Waals surface area (Å²) >= 11 is 0. The molecule has 0 atom stereocenters. The zero-order chi connectivity index (χ0) is 27.8. The van der Waals surface area contributed by atoms with Gasteiger partial charge in [-0.15, -0.1) is 25.5 Å². The molecule has 0 unspecified atom stereocenters. The van der Waals surface area contributed by atoms with Crippen LogP contribution in [0.1, 0.15) is 21.7 Å². The van der Waals surface area contributed by atoms with Crippen molar-refractivity contribution in [2.75, 3.05) is 0 Å². The molecule has 0 saturated heterocycles. The van der Waals surface area contributed by atoms with Crippen molar-refractivity contribution in [1.82, 2.24) is 35.4 Å². The largest absolute Gasteiger partial charge is 0.293 e. The minimum Gasteiger partial charge on any atom is -0.265 e. The monoisotopic (exact) mass is 534 g/mol. The van der Waals surface area contributed by atoms with Crippen molar-refractivity contribution in [3.05, 3.63) is 120 Å². The minimum atomic E-state index is -0.493. The Labute approximate surface area is 234 Å². The molecule has 0 aliphatic carbocycles. The van der Waals surface area contributed by atoms with E-state index in [1.54, 1.807) is 17.7 Å². The van der Waals surface area contributed by atoms with Crippen LogP contribution in [0.4, 0.5) is 0 Å². The Hall–Kier alpha value is -5.83. The van der Waals surface area contributed by atoms with Gasteiger partial charge < -0.3 is 0 Å². The fourth-order valence-corrected chi connectivity index (χ4v) is 4.95. The lowest BCUT2D eigenvalue weighted by Crippen LogP contribution is -2.22. The Kier molecular flexibility index (Phi) is 5.94. The zero-order valence-electron chi connectivity index (χ0n) is 21.9. The number of nitrogens with zero attached hydrogens (tertiary/aromatic N) is 7. The van der Waals surface area contributed by atoms with Crippen molar-refractivity contribution < 1.29 is 4.79 Å². The van der Waals surface area contributed by atoms with Crippen molar-refractivity contribution in [3.8, 4) is 22.4 Å². The van der Waals surface area contributed by atoms with Crippen LogP contribution in [0.2, 0.25) is 0 Å². The molecule has 0 saturated carbocycles. The molecule has 41 heavy (non-hydrogen) atoms. The number of rotatable bonds is 5. The van der Waals surface area contributed by atoms with Crippen LogP contribution >= 0.6 is 0 Å². The van der Waals surface area contributed by atoms with Crippen molar-refractivity contribution in [3.63, 3.8) is 0 Å². The number of aryl methyl sites for hydroxylation is 1. The fourth-order valence-electron chi connectivity index (χ4n) is 4.95. The van der Waals surface area contributed by atoms with Crippen molar-refractivity contribution in [2.24, 2.45) is 5.10 Å². The van der Waals surface area contributed by atoms with Gasteiger partial charge in [0.1, 0.15) is 5.69 Å². The Balaban J connectivity index is 1.28. The second-order valence-electron chi connectivity index (χ2n) is 9.53. The van der Waals surface area contributed by atoms with Crippen LogP contribution < -0.4 is 5.43 Å². The molecule has 1 N–H and O–H groups in total. The van der Waals surface area contributed by atoms with Gasteiger partial charge in [0.2, 0.25) is 5.65 Å². The summed E-state index contributed by atoms with van der Waals surface area (Å²) in [5, 5.41) is 29.4. The minimum absolute atomic E-state index is 0.110. The summed E-state index contributed by atoms with van der Waals surface area (Å²) < 4.78 is 1.59. The lowest BCUT2D eigenvalue weighted by molar-refractivity contribution is 0.0947. The van der Waals surface area contributed by atoms with Gasteiger partial charge in [0, 0.05) is 11.1 Å². The molecule has 3 heterocycles. The van der Waals surface area contributed by atoms with Crippen LogP contribution in [-0.2, 0) is 0 Å². The van der Waals surface area contributed by atoms with Gasteiger partial charge in [0.25, 0.3) is 5.91 Å². The Bertz CT molecular complexity index is 2100. The van der Waals surface area contributed by atoms with Crippen LogP contribution in [-0.4, -0.2) is 42.1 Å². The first kappa shape index (κ1) is 24.2. The summed E-state index contributed by atoms with van der Waals surface area (Å²) in [6, 6.07) is 33.8.